The maximum absolute atomic E-state index is 12.3. The number of phenols is 1. The Morgan fingerprint density at radius 1 is 1.09 bits per heavy atom. The summed E-state index contributed by atoms with van der Waals surface area (Å²) in [6, 6.07) is 16.9. The Morgan fingerprint density at radius 3 is 2.50 bits per heavy atom. The number of nitrogens with zero attached hydrogens (tertiary/aromatic N) is 1. The van der Waals surface area contributed by atoms with Crippen molar-refractivity contribution in [2.75, 3.05) is 0 Å². The number of ether oxygens (including phenoxy) is 1. The molecular formula is C18H19NO3. The van der Waals surface area contributed by atoms with Crippen LogP contribution in [0.25, 0.3) is 0 Å². The fraction of sp³-hybridized carbons (Fsp3) is 0.278. The van der Waals surface area contributed by atoms with Crippen LogP contribution < -0.4 is 0 Å². The molecule has 0 heterocycles. The maximum Gasteiger partial charge on any atom is 0.410 e. The van der Waals surface area contributed by atoms with Crippen LogP contribution in [0.15, 0.2) is 54.6 Å². The van der Waals surface area contributed by atoms with Crippen molar-refractivity contribution in [2.24, 2.45) is 0 Å². The number of rotatable bonds is 5. The Kier molecular flexibility index (Phi) is 4.28. The first kappa shape index (κ1) is 14.4. The number of carbonyl (C=O) groups excluding carboxylic acids is 1. The third kappa shape index (κ3) is 3.79. The monoisotopic (exact) mass is 297 g/mol. The molecular weight excluding hydrogens is 278 g/mol. The molecule has 1 aliphatic carbocycles. The Bertz CT molecular complexity index is 638. The second-order valence-electron chi connectivity index (χ2n) is 5.57. The maximum atomic E-state index is 12.3. The number of amides is 1. The van der Waals surface area contributed by atoms with Gasteiger partial charge in [-0.15, -0.1) is 0 Å². The van der Waals surface area contributed by atoms with Crippen molar-refractivity contribution in [1.29, 1.82) is 0 Å². The number of hydrogen-bond donors (Lipinski definition) is 1. The molecule has 4 nitrogen and oxygen atoms in total. The van der Waals surface area contributed by atoms with E-state index in [-0.39, 0.29) is 24.5 Å². The van der Waals surface area contributed by atoms with Gasteiger partial charge in [0.1, 0.15) is 12.4 Å². The number of phenolic OH excluding ortho intramolecular Hbond substituents is 1. The van der Waals surface area contributed by atoms with Crippen molar-refractivity contribution in [1.82, 2.24) is 4.90 Å². The van der Waals surface area contributed by atoms with Crippen LogP contribution in [0, 0.1) is 0 Å². The molecule has 0 unspecified atom stereocenters. The highest BCUT2D eigenvalue weighted by atomic mass is 16.6. The first-order chi connectivity index (χ1) is 10.7. The molecule has 22 heavy (non-hydrogen) atoms. The average Bonchev–Trinajstić information content (AvgIpc) is 3.36. The van der Waals surface area contributed by atoms with Gasteiger partial charge in [-0.25, -0.2) is 4.79 Å². The van der Waals surface area contributed by atoms with Crippen LogP contribution in [0.3, 0.4) is 0 Å². The van der Waals surface area contributed by atoms with E-state index in [0.29, 0.717) is 6.54 Å². The molecule has 0 spiro atoms. The van der Waals surface area contributed by atoms with Crippen molar-refractivity contribution >= 4 is 6.09 Å². The van der Waals surface area contributed by atoms with Crippen molar-refractivity contribution in [3.8, 4) is 5.75 Å². The molecule has 1 fully saturated rings. The lowest BCUT2D eigenvalue weighted by Gasteiger charge is -2.22. The Balaban J connectivity index is 1.62. The van der Waals surface area contributed by atoms with Gasteiger partial charge in [-0.1, -0.05) is 42.5 Å². The Labute approximate surface area is 130 Å². The van der Waals surface area contributed by atoms with E-state index in [2.05, 4.69) is 0 Å². The van der Waals surface area contributed by atoms with E-state index >= 15 is 0 Å². The molecule has 114 valence electrons. The van der Waals surface area contributed by atoms with Crippen LogP contribution in [0.1, 0.15) is 24.0 Å². The van der Waals surface area contributed by atoms with E-state index in [1.54, 1.807) is 23.1 Å². The number of hydrogen-bond acceptors (Lipinski definition) is 3. The second-order valence-corrected chi connectivity index (χ2v) is 5.57. The van der Waals surface area contributed by atoms with E-state index in [1.165, 1.54) is 0 Å². The van der Waals surface area contributed by atoms with Gasteiger partial charge in [0.05, 0.1) is 0 Å². The van der Waals surface area contributed by atoms with Crippen molar-refractivity contribution < 1.29 is 14.6 Å². The lowest BCUT2D eigenvalue weighted by molar-refractivity contribution is 0.0909. The molecule has 3 rings (SSSR count). The molecule has 1 aliphatic rings. The van der Waals surface area contributed by atoms with Crippen LogP contribution in [-0.2, 0) is 17.9 Å². The molecule has 0 saturated heterocycles. The molecule has 2 aromatic rings. The van der Waals surface area contributed by atoms with Gasteiger partial charge in [0, 0.05) is 12.6 Å². The summed E-state index contributed by atoms with van der Waals surface area (Å²) in [5.74, 6) is 0.214. The lowest BCUT2D eigenvalue weighted by Crippen LogP contribution is -2.33. The minimum atomic E-state index is -0.297. The summed E-state index contributed by atoms with van der Waals surface area (Å²) in [6.45, 7) is 0.746. The van der Waals surface area contributed by atoms with Gasteiger partial charge < -0.3 is 14.7 Å². The van der Waals surface area contributed by atoms with Gasteiger partial charge in [0.2, 0.25) is 0 Å². The smallest absolute Gasteiger partial charge is 0.410 e. The van der Waals surface area contributed by atoms with E-state index in [9.17, 15) is 9.90 Å². The number of benzene rings is 2. The summed E-state index contributed by atoms with van der Waals surface area (Å²) in [4.78, 5) is 14.1. The quantitative estimate of drug-likeness (QED) is 0.915. The van der Waals surface area contributed by atoms with Gasteiger partial charge in [-0.05, 0) is 36.1 Å². The topological polar surface area (TPSA) is 49.8 Å². The van der Waals surface area contributed by atoms with Gasteiger partial charge in [0.15, 0.2) is 0 Å². The van der Waals surface area contributed by atoms with Crippen LogP contribution in [0.5, 0.6) is 5.75 Å². The summed E-state index contributed by atoms with van der Waals surface area (Å²) in [6.07, 6.45) is 1.73. The molecule has 2 aromatic carbocycles. The minimum absolute atomic E-state index is 0.214. The van der Waals surface area contributed by atoms with Gasteiger partial charge in [-0.2, -0.15) is 0 Å². The van der Waals surface area contributed by atoms with Crippen molar-refractivity contribution in [2.45, 2.75) is 32.0 Å². The van der Waals surface area contributed by atoms with Gasteiger partial charge in [0.25, 0.3) is 0 Å². The molecule has 4 heteroatoms. The third-order valence-electron chi connectivity index (χ3n) is 3.69. The zero-order valence-corrected chi connectivity index (χ0v) is 12.3. The van der Waals surface area contributed by atoms with E-state index in [4.69, 9.17) is 4.74 Å². The third-order valence-corrected chi connectivity index (χ3v) is 3.69. The largest absolute Gasteiger partial charge is 0.508 e. The lowest BCUT2D eigenvalue weighted by atomic mass is 10.2. The summed E-state index contributed by atoms with van der Waals surface area (Å²) in [7, 11) is 0. The van der Waals surface area contributed by atoms with Gasteiger partial charge in [-0.3, -0.25) is 0 Å². The van der Waals surface area contributed by atoms with Gasteiger partial charge >= 0.3 is 6.09 Å². The fourth-order valence-electron chi connectivity index (χ4n) is 2.38. The molecule has 1 amide bonds. The minimum Gasteiger partial charge on any atom is -0.508 e. The summed E-state index contributed by atoms with van der Waals surface area (Å²) in [5.41, 5.74) is 1.88. The highest BCUT2D eigenvalue weighted by Crippen LogP contribution is 2.29. The predicted molar refractivity (Wildman–Crippen MR) is 83.3 cm³/mol. The van der Waals surface area contributed by atoms with Crippen LogP contribution >= 0.6 is 0 Å². The van der Waals surface area contributed by atoms with Crippen LogP contribution in [-0.4, -0.2) is 22.1 Å². The average molecular weight is 297 g/mol. The Morgan fingerprint density at radius 2 is 1.82 bits per heavy atom. The highest BCUT2D eigenvalue weighted by Gasteiger charge is 2.33. The standard InChI is InChI=1S/C18H19NO3/c20-17-8-4-7-15(11-17)12-19(16-9-10-16)18(21)22-13-14-5-2-1-3-6-14/h1-8,11,16,20H,9-10,12-13H2. The van der Waals surface area contributed by atoms with Crippen molar-refractivity contribution in [3.05, 3.63) is 65.7 Å². The van der Waals surface area contributed by atoms with E-state index < -0.39 is 0 Å². The predicted octanol–water partition coefficient (Wildman–Crippen LogP) is 3.69. The molecule has 0 bridgehead atoms. The number of carbonyl (C=O) groups is 1. The zero-order chi connectivity index (χ0) is 15.4. The highest BCUT2D eigenvalue weighted by molar-refractivity contribution is 5.68. The summed E-state index contributed by atoms with van der Waals surface area (Å²) >= 11 is 0. The molecule has 0 aliphatic heterocycles. The summed E-state index contributed by atoms with van der Waals surface area (Å²) < 4.78 is 5.42. The molecule has 0 aromatic heterocycles. The first-order valence-electron chi connectivity index (χ1n) is 7.47. The summed E-state index contributed by atoms with van der Waals surface area (Å²) in [5, 5.41) is 9.54. The molecule has 0 radical (unpaired) electrons. The fourth-order valence-corrected chi connectivity index (χ4v) is 2.38. The number of aromatic hydroxyl groups is 1. The normalized spacial score (nSPS) is 13.6. The van der Waals surface area contributed by atoms with Crippen LogP contribution in [0.2, 0.25) is 0 Å². The molecule has 0 atom stereocenters. The first-order valence-corrected chi connectivity index (χ1v) is 7.47. The SMILES string of the molecule is O=C(OCc1ccccc1)N(Cc1cccc(O)c1)C1CC1. The second kappa shape index (κ2) is 6.52. The van der Waals surface area contributed by atoms with E-state index in [1.807, 2.05) is 36.4 Å². The van der Waals surface area contributed by atoms with E-state index in [0.717, 1.165) is 24.0 Å². The molecule has 1 N–H and O–H groups in total. The van der Waals surface area contributed by atoms with Crippen LogP contribution in [0.4, 0.5) is 4.79 Å². The van der Waals surface area contributed by atoms with Crippen molar-refractivity contribution in [3.63, 3.8) is 0 Å². The zero-order valence-electron chi connectivity index (χ0n) is 12.3. The Hall–Kier alpha value is -2.49. The molecule has 1 saturated carbocycles.